The summed E-state index contributed by atoms with van der Waals surface area (Å²) in [5.41, 5.74) is -0.368. The highest BCUT2D eigenvalue weighted by atomic mass is 35.5. The van der Waals surface area contributed by atoms with Crippen molar-refractivity contribution in [1.82, 2.24) is 10.2 Å². The van der Waals surface area contributed by atoms with E-state index in [1.54, 1.807) is 6.07 Å². The molecule has 0 radical (unpaired) electrons. The average molecular weight is 401 g/mol. The number of likely N-dealkylation sites (N-methyl/N-ethyl adjacent to an activating group) is 1. The number of thioether (sulfide) groups is 1. The van der Waals surface area contributed by atoms with Crippen LogP contribution in [0.3, 0.4) is 0 Å². The highest BCUT2D eigenvalue weighted by Crippen LogP contribution is 2.26. The second-order valence-electron chi connectivity index (χ2n) is 6.74. The molecule has 1 aromatic carbocycles. The Bertz CT molecular complexity index is 646. The van der Waals surface area contributed by atoms with Crippen molar-refractivity contribution >= 4 is 41.1 Å². The maximum Gasteiger partial charge on any atom is 0.307 e. The molecule has 0 saturated heterocycles. The molecule has 0 unspecified atom stereocenters. The summed E-state index contributed by atoms with van der Waals surface area (Å²) < 4.78 is 4.97. The van der Waals surface area contributed by atoms with Crippen LogP contribution in [0.25, 0.3) is 0 Å². The quantitative estimate of drug-likeness (QED) is 0.536. The van der Waals surface area contributed by atoms with E-state index in [-0.39, 0.29) is 31.0 Å². The second kappa shape index (κ2) is 10.4. The Morgan fingerprint density at radius 3 is 2.50 bits per heavy atom. The van der Waals surface area contributed by atoms with E-state index in [9.17, 15) is 14.4 Å². The van der Waals surface area contributed by atoms with Gasteiger partial charge in [0.1, 0.15) is 0 Å². The number of carbonyl (C=O) groups is 3. The number of nitrogens with zero attached hydrogens (tertiary/aromatic N) is 1. The Hall–Kier alpha value is -1.73. The molecule has 1 rings (SSSR count). The summed E-state index contributed by atoms with van der Waals surface area (Å²) in [5, 5.41) is 3.40. The average Bonchev–Trinajstić information content (AvgIpc) is 2.52. The maximum absolute atomic E-state index is 11.9. The molecular formula is C18H25ClN2O4S. The summed E-state index contributed by atoms with van der Waals surface area (Å²) in [6.07, 6.45) is 0.164. The Labute approximate surface area is 163 Å². The summed E-state index contributed by atoms with van der Waals surface area (Å²) in [7, 11) is 1.49. The molecule has 26 heavy (non-hydrogen) atoms. The zero-order valence-corrected chi connectivity index (χ0v) is 17.1. The molecule has 1 N–H and O–H groups in total. The minimum Gasteiger partial charge on any atom is -0.456 e. The minimum atomic E-state index is -0.467. The molecule has 0 heterocycles. The molecule has 0 aromatic heterocycles. The zero-order valence-electron chi connectivity index (χ0n) is 15.5. The van der Waals surface area contributed by atoms with E-state index in [4.69, 9.17) is 16.3 Å². The SMILES string of the molecule is CN(CC(=O)NC(C)(C)C)C(=O)COC(=O)CCSc1ccccc1Cl. The number of esters is 1. The van der Waals surface area contributed by atoms with Crippen LogP contribution in [0.5, 0.6) is 0 Å². The first-order chi connectivity index (χ1) is 12.1. The molecule has 0 spiro atoms. The smallest absolute Gasteiger partial charge is 0.307 e. The lowest BCUT2D eigenvalue weighted by atomic mass is 10.1. The summed E-state index contributed by atoms with van der Waals surface area (Å²) >= 11 is 7.49. The van der Waals surface area contributed by atoms with Crippen LogP contribution >= 0.6 is 23.4 Å². The third-order valence-corrected chi connectivity index (χ3v) is 4.59. The van der Waals surface area contributed by atoms with E-state index in [0.29, 0.717) is 10.8 Å². The van der Waals surface area contributed by atoms with Gasteiger partial charge in [-0.15, -0.1) is 11.8 Å². The van der Waals surface area contributed by atoms with Gasteiger partial charge in [-0.2, -0.15) is 0 Å². The van der Waals surface area contributed by atoms with Crippen molar-refractivity contribution in [1.29, 1.82) is 0 Å². The Morgan fingerprint density at radius 2 is 1.88 bits per heavy atom. The van der Waals surface area contributed by atoms with Gasteiger partial charge in [0.15, 0.2) is 6.61 Å². The van der Waals surface area contributed by atoms with E-state index in [2.05, 4.69) is 5.32 Å². The van der Waals surface area contributed by atoms with Gasteiger partial charge >= 0.3 is 5.97 Å². The highest BCUT2D eigenvalue weighted by molar-refractivity contribution is 7.99. The molecule has 0 saturated carbocycles. The normalized spacial score (nSPS) is 11.0. The summed E-state index contributed by atoms with van der Waals surface area (Å²) in [5.74, 6) is -0.664. The minimum absolute atomic E-state index is 0.0873. The van der Waals surface area contributed by atoms with Crippen molar-refractivity contribution in [2.24, 2.45) is 0 Å². The van der Waals surface area contributed by atoms with Crippen molar-refractivity contribution in [2.75, 3.05) is 26.0 Å². The molecule has 0 aliphatic carbocycles. The zero-order chi connectivity index (χ0) is 19.7. The number of hydrogen-bond donors (Lipinski definition) is 1. The third kappa shape index (κ3) is 9.10. The molecule has 6 nitrogen and oxygen atoms in total. The van der Waals surface area contributed by atoms with E-state index in [1.807, 2.05) is 39.0 Å². The van der Waals surface area contributed by atoms with Gasteiger partial charge < -0.3 is 15.0 Å². The number of ether oxygens (including phenoxy) is 1. The first-order valence-electron chi connectivity index (χ1n) is 8.16. The van der Waals surface area contributed by atoms with Gasteiger partial charge in [-0.1, -0.05) is 23.7 Å². The molecule has 144 valence electrons. The van der Waals surface area contributed by atoms with Crippen LogP contribution in [0.2, 0.25) is 5.02 Å². The van der Waals surface area contributed by atoms with Crippen molar-refractivity contribution in [3.63, 3.8) is 0 Å². The fourth-order valence-electron chi connectivity index (χ4n) is 1.89. The molecule has 8 heteroatoms. The van der Waals surface area contributed by atoms with E-state index < -0.39 is 11.9 Å². The Kier molecular flexibility index (Phi) is 8.95. The maximum atomic E-state index is 11.9. The fraction of sp³-hybridized carbons (Fsp3) is 0.500. The molecule has 0 atom stereocenters. The molecule has 0 fully saturated rings. The van der Waals surface area contributed by atoms with E-state index >= 15 is 0 Å². The van der Waals surface area contributed by atoms with Crippen LogP contribution in [-0.4, -0.2) is 54.2 Å². The topological polar surface area (TPSA) is 75.7 Å². The second-order valence-corrected chi connectivity index (χ2v) is 8.28. The standard InChI is InChI=1S/C18H25ClN2O4S/c1-18(2,3)20-15(22)11-21(4)16(23)12-25-17(24)9-10-26-14-8-6-5-7-13(14)19/h5-8H,9-12H2,1-4H3,(H,20,22). The predicted octanol–water partition coefficient (Wildman–Crippen LogP) is 2.74. The Balaban J connectivity index is 2.27. The molecular weight excluding hydrogens is 376 g/mol. The van der Waals surface area contributed by atoms with Gasteiger partial charge in [0.2, 0.25) is 5.91 Å². The van der Waals surface area contributed by atoms with Gasteiger partial charge in [0, 0.05) is 23.2 Å². The molecule has 1 aromatic rings. The lowest BCUT2D eigenvalue weighted by molar-refractivity contribution is -0.151. The first kappa shape index (κ1) is 22.3. The molecule has 0 aliphatic rings. The number of hydrogen-bond acceptors (Lipinski definition) is 5. The van der Waals surface area contributed by atoms with Crippen molar-refractivity contribution in [3.8, 4) is 0 Å². The number of rotatable bonds is 8. The van der Waals surface area contributed by atoms with Crippen LogP contribution in [0.15, 0.2) is 29.2 Å². The highest BCUT2D eigenvalue weighted by Gasteiger charge is 2.18. The largest absolute Gasteiger partial charge is 0.456 e. The lowest BCUT2D eigenvalue weighted by Crippen LogP contribution is -2.46. The van der Waals surface area contributed by atoms with Crippen LogP contribution in [0.1, 0.15) is 27.2 Å². The number of nitrogens with one attached hydrogen (secondary N) is 1. The predicted molar refractivity (Wildman–Crippen MR) is 103 cm³/mol. The van der Waals surface area contributed by atoms with Crippen LogP contribution in [-0.2, 0) is 19.1 Å². The van der Waals surface area contributed by atoms with E-state index in [1.165, 1.54) is 23.7 Å². The number of carbonyl (C=O) groups excluding carboxylic acids is 3. The number of benzene rings is 1. The molecule has 2 amide bonds. The van der Waals surface area contributed by atoms with Crippen molar-refractivity contribution < 1.29 is 19.1 Å². The van der Waals surface area contributed by atoms with Gasteiger partial charge in [0.05, 0.1) is 18.0 Å². The van der Waals surface area contributed by atoms with Crippen LogP contribution in [0.4, 0.5) is 0 Å². The van der Waals surface area contributed by atoms with Gasteiger partial charge in [-0.05, 0) is 32.9 Å². The number of halogens is 1. The van der Waals surface area contributed by atoms with E-state index in [0.717, 1.165) is 4.90 Å². The van der Waals surface area contributed by atoms with Crippen molar-refractivity contribution in [2.45, 2.75) is 37.6 Å². The van der Waals surface area contributed by atoms with Crippen LogP contribution in [0, 0.1) is 0 Å². The summed E-state index contributed by atoms with van der Waals surface area (Å²) in [6, 6.07) is 7.37. The van der Waals surface area contributed by atoms with Crippen LogP contribution < -0.4 is 5.32 Å². The van der Waals surface area contributed by atoms with Crippen molar-refractivity contribution in [3.05, 3.63) is 29.3 Å². The monoisotopic (exact) mass is 400 g/mol. The molecule has 0 aliphatic heterocycles. The third-order valence-electron chi connectivity index (χ3n) is 3.08. The lowest BCUT2D eigenvalue weighted by Gasteiger charge is -2.23. The Morgan fingerprint density at radius 1 is 1.23 bits per heavy atom. The fourth-order valence-corrected chi connectivity index (χ4v) is 3.06. The van der Waals surface area contributed by atoms with Gasteiger partial charge in [-0.25, -0.2) is 0 Å². The van der Waals surface area contributed by atoms with Gasteiger partial charge in [-0.3, -0.25) is 14.4 Å². The summed E-state index contributed by atoms with van der Waals surface area (Å²) in [6.45, 7) is 5.10. The van der Waals surface area contributed by atoms with Gasteiger partial charge in [0.25, 0.3) is 5.91 Å². The number of amides is 2. The summed E-state index contributed by atoms with van der Waals surface area (Å²) in [4.78, 5) is 37.6. The molecule has 0 bridgehead atoms. The first-order valence-corrected chi connectivity index (χ1v) is 9.53.